The van der Waals surface area contributed by atoms with E-state index in [4.69, 9.17) is 11.6 Å². The predicted octanol–water partition coefficient (Wildman–Crippen LogP) is 1.24. The number of hydrogen-bond donors (Lipinski definition) is 2. The molecule has 1 aliphatic heterocycles. The molecule has 1 saturated heterocycles. The zero-order valence-corrected chi connectivity index (χ0v) is 11.5. The number of carbonyl (C=O) groups excluding carboxylic acids is 2. The molecule has 0 aromatic heterocycles. The molecule has 5 nitrogen and oxygen atoms in total. The minimum absolute atomic E-state index is 0.0937. The van der Waals surface area contributed by atoms with Crippen LogP contribution in [0, 0.1) is 5.82 Å². The Kier molecular flexibility index (Phi) is 4.92. The molecular weight excluding hydrogens is 285 g/mol. The summed E-state index contributed by atoms with van der Waals surface area (Å²) in [6, 6.07) is 3.78. The molecule has 0 spiro atoms. The Morgan fingerprint density at radius 2 is 2.10 bits per heavy atom. The van der Waals surface area contributed by atoms with Gasteiger partial charge in [0.1, 0.15) is 5.82 Å². The lowest BCUT2D eigenvalue weighted by Gasteiger charge is -2.19. The quantitative estimate of drug-likeness (QED) is 0.767. The van der Waals surface area contributed by atoms with Crippen LogP contribution in [0.25, 0.3) is 0 Å². The Balaban J connectivity index is 2.03. The van der Waals surface area contributed by atoms with Crippen molar-refractivity contribution < 1.29 is 14.0 Å². The van der Waals surface area contributed by atoms with Crippen LogP contribution in [0.3, 0.4) is 0 Å². The van der Waals surface area contributed by atoms with Crippen LogP contribution in [0.1, 0.15) is 6.42 Å². The van der Waals surface area contributed by atoms with Gasteiger partial charge < -0.3 is 15.5 Å². The Morgan fingerprint density at radius 1 is 1.30 bits per heavy atom. The van der Waals surface area contributed by atoms with Crippen molar-refractivity contribution in [1.82, 2.24) is 10.2 Å². The second-order valence-corrected chi connectivity index (χ2v) is 4.91. The molecule has 0 aliphatic carbocycles. The molecule has 0 saturated carbocycles. The number of halogens is 2. The van der Waals surface area contributed by atoms with Crippen molar-refractivity contribution in [2.45, 2.75) is 6.42 Å². The lowest BCUT2D eigenvalue weighted by atomic mass is 10.3. The summed E-state index contributed by atoms with van der Waals surface area (Å²) < 4.78 is 13.5. The van der Waals surface area contributed by atoms with E-state index in [-0.39, 0.29) is 10.7 Å². The molecule has 1 aromatic rings. The Morgan fingerprint density at radius 3 is 2.90 bits per heavy atom. The zero-order chi connectivity index (χ0) is 14.5. The van der Waals surface area contributed by atoms with Crippen molar-refractivity contribution in [2.75, 3.05) is 31.5 Å². The van der Waals surface area contributed by atoms with Gasteiger partial charge in [-0.2, -0.15) is 0 Å². The summed E-state index contributed by atoms with van der Waals surface area (Å²) in [5.74, 6) is -2.14. The number of nitrogens with one attached hydrogen (secondary N) is 2. The van der Waals surface area contributed by atoms with Crippen molar-refractivity contribution in [3.8, 4) is 0 Å². The number of hydrogen-bond acceptors (Lipinski definition) is 3. The lowest BCUT2D eigenvalue weighted by molar-refractivity contribution is -0.143. The maximum Gasteiger partial charge on any atom is 0.313 e. The highest BCUT2D eigenvalue weighted by atomic mass is 35.5. The van der Waals surface area contributed by atoms with E-state index in [1.807, 2.05) is 0 Å². The van der Waals surface area contributed by atoms with E-state index in [2.05, 4.69) is 10.6 Å². The summed E-state index contributed by atoms with van der Waals surface area (Å²) in [6.45, 7) is 2.43. The van der Waals surface area contributed by atoms with Gasteiger partial charge in [-0.3, -0.25) is 9.59 Å². The maximum absolute atomic E-state index is 13.5. The number of anilines is 1. The molecule has 20 heavy (non-hydrogen) atoms. The van der Waals surface area contributed by atoms with E-state index >= 15 is 0 Å². The largest absolute Gasteiger partial charge is 0.333 e. The molecule has 0 atom stereocenters. The molecule has 1 heterocycles. The molecule has 0 bridgehead atoms. The van der Waals surface area contributed by atoms with E-state index in [1.54, 1.807) is 0 Å². The lowest BCUT2D eigenvalue weighted by Crippen LogP contribution is -2.41. The molecule has 1 aromatic carbocycles. The van der Waals surface area contributed by atoms with Crippen LogP contribution in [0.15, 0.2) is 18.2 Å². The number of benzene rings is 1. The van der Waals surface area contributed by atoms with Gasteiger partial charge in [0.15, 0.2) is 0 Å². The molecule has 7 heteroatoms. The van der Waals surface area contributed by atoms with Gasteiger partial charge in [-0.05, 0) is 31.2 Å². The van der Waals surface area contributed by atoms with E-state index in [9.17, 15) is 14.0 Å². The third-order valence-corrected chi connectivity index (χ3v) is 3.23. The maximum atomic E-state index is 13.5. The van der Waals surface area contributed by atoms with Gasteiger partial charge in [0.2, 0.25) is 0 Å². The molecule has 1 fully saturated rings. The summed E-state index contributed by atoms with van der Waals surface area (Å²) in [6.07, 6.45) is 0.782. The van der Waals surface area contributed by atoms with Crippen LogP contribution < -0.4 is 10.6 Å². The van der Waals surface area contributed by atoms with Crippen LogP contribution in [-0.2, 0) is 9.59 Å². The fourth-order valence-electron chi connectivity index (χ4n) is 1.96. The summed E-state index contributed by atoms with van der Waals surface area (Å²) in [4.78, 5) is 25.3. The first-order valence-corrected chi connectivity index (χ1v) is 6.72. The number of amides is 2. The first kappa shape index (κ1) is 14.7. The fourth-order valence-corrected chi connectivity index (χ4v) is 2.13. The van der Waals surface area contributed by atoms with Gasteiger partial charge in [0, 0.05) is 24.7 Å². The van der Waals surface area contributed by atoms with Crippen molar-refractivity contribution >= 4 is 29.1 Å². The molecule has 108 valence electrons. The molecule has 2 N–H and O–H groups in total. The van der Waals surface area contributed by atoms with Crippen LogP contribution in [0.5, 0.6) is 0 Å². The molecule has 1 aliphatic rings. The van der Waals surface area contributed by atoms with Crippen LogP contribution in [0.4, 0.5) is 10.1 Å². The highest BCUT2D eigenvalue weighted by Crippen LogP contribution is 2.19. The average Bonchev–Trinajstić information content (AvgIpc) is 2.71. The van der Waals surface area contributed by atoms with Crippen molar-refractivity contribution in [1.29, 1.82) is 0 Å². The van der Waals surface area contributed by atoms with Crippen LogP contribution in [0.2, 0.25) is 5.02 Å². The predicted molar refractivity (Wildman–Crippen MR) is 74.1 cm³/mol. The smallest absolute Gasteiger partial charge is 0.313 e. The number of nitrogens with zero attached hydrogens (tertiary/aromatic N) is 1. The Hall–Kier alpha value is -1.66. The second-order valence-electron chi connectivity index (χ2n) is 4.47. The van der Waals surface area contributed by atoms with Gasteiger partial charge in [-0.1, -0.05) is 11.6 Å². The summed E-state index contributed by atoms with van der Waals surface area (Å²) in [5, 5.41) is 5.68. The molecule has 0 unspecified atom stereocenters. The minimum Gasteiger partial charge on any atom is -0.333 e. The van der Waals surface area contributed by atoms with E-state index in [0.717, 1.165) is 19.0 Å². The van der Waals surface area contributed by atoms with Crippen LogP contribution >= 0.6 is 11.6 Å². The first-order chi connectivity index (χ1) is 9.58. The topological polar surface area (TPSA) is 61.4 Å². The summed E-state index contributed by atoms with van der Waals surface area (Å²) in [5.41, 5.74) is -0.0937. The second kappa shape index (κ2) is 6.67. The van der Waals surface area contributed by atoms with Gasteiger partial charge in [0.05, 0.1) is 5.69 Å². The summed E-state index contributed by atoms with van der Waals surface area (Å²) in [7, 11) is 0. The third-order valence-electron chi connectivity index (χ3n) is 3.00. The Labute approximate surface area is 121 Å². The number of carbonyl (C=O) groups is 2. The van der Waals surface area contributed by atoms with Crippen molar-refractivity contribution in [3.05, 3.63) is 29.0 Å². The zero-order valence-electron chi connectivity index (χ0n) is 10.8. The monoisotopic (exact) mass is 299 g/mol. The van der Waals surface area contributed by atoms with Crippen molar-refractivity contribution in [3.63, 3.8) is 0 Å². The van der Waals surface area contributed by atoms with Gasteiger partial charge in [-0.25, -0.2) is 4.39 Å². The first-order valence-electron chi connectivity index (χ1n) is 6.34. The fraction of sp³-hybridized carbons (Fsp3) is 0.385. The van der Waals surface area contributed by atoms with Crippen molar-refractivity contribution in [2.24, 2.45) is 0 Å². The average molecular weight is 300 g/mol. The van der Waals surface area contributed by atoms with E-state index < -0.39 is 17.6 Å². The molecule has 2 rings (SSSR count). The normalized spacial score (nSPS) is 15.6. The summed E-state index contributed by atoms with van der Waals surface area (Å²) >= 11 is 5.73. The highest BCUT2D eigenvalue weighted by Gasteiger charge is 2.23. The van der Waals surface area contributed by atoms with E-state index in [0.29, 0.717) is 19.6 Å². The van der Waals surface area contributed by atoms with Gasteiger partial charge in [-0.15, -0.1) is 0 Å². The minimum atomic E-state index is -0.854. The molecule has 0 radical (unpaired) electrons. The van der Waals surface area contributed by atoms with E-state index in [1.165, 1.54) is 17.0 Å². The standard InChI is InChI=1S/C13H15ClFN3O2/c14-9-2-3-10(15)11(8-9)17-12(19)13(20)18-6-1-4-16-5-7-18/h2-3,8,16H,1,4-7H2,(H,17,19). The van der Waals surface area contributed by atoms with Gasteiger partial charge >= 0.3 is 11.8 Å². The SMILES string of the molecule is O=C(Nc1cc(Cl)ccc1F)C(=O)N1CCCNCC1. The highest BCUT2D eigenvalue weighted by molar-refractivity contribution is 6.39. The number of rotatable bonds is 1. The van der Waals surface area contributed by atoms with Gasteiger partial charge in [0.25, 0.3) is 0 Å². The van der Waals surface area contributed by atoms with Crippen LogP contribution in [-0.4, -0.2) is 42.9 Å². The molecular formula is C13H15ClFN3O2. The Bertz CT molecular complexity index is 516. The molecule has 2 amide bonds. The third kappa shape index (κ3) is 3.68.